The third-order valence-corrected chi connectivity index (χ3v) is 3.01. The molecule has 0 aliphatic rings. The zero-order chi connectivity index (χ0) is 19.0. The Hall–Kier alpha value is -2.08. The molecule has 0 aliphatic heterocycles. The molecular formula is C13H21NO10. The first-order valence-corrected chi connectivity index (χ1v) is 6.86. The maximum Gasteiger partial charge on any atom is 0.372 e. The number of ether oxygens (including phenoxy) is 1. The number of carboxylic acids is 1. The fraction of sp³-hybridized carbons (Fsp3) is 0.692. The number of hydrogen-bond acceptors (Lipinski definition) is 9. The molecule has 0 radical (unpaired) electrons. The van der Waals surface area contributed by atoms with E-state index in [0.29, 0.717) is 0 Å². The third kappa shape index (κ3) is 7.00. The molecule has 0 saturated heterocycles. The molecule has 0 unspecified atom stereocenters. The quantitative estimate of drug-likeness (QED) is 0.170. The van der Waals surface area contributed by atoms with Crippen LogP contribution >= 0.6 is 0 Å². The van der Waals surface area contributed by atoms with Gasteiger partial charge in [-0.05, 0) is 0 Å². The SMILES string of the molecule is CC(=O)N[C@@H]([C@@H](O)[C@H](O)[C@@H](O)CO)[C@H](CC(=O)C(=O)O)OC(C)=O. The smallest absolute Gasteiger partial charge is 0.372 e. The first-order valence-electron chi connectivity index (χ1n) is 6.86. The second-order valence-electron chi connectivity index (χ2n) is 5.04. The van der Waals surface area contributed by atoms with Crippen LogP contribution in [0.5, 0.6) is 0 Å². The highest BCUT2D eigenvalue weighted by Crippen LogP contribution is 2.15. The molecule has 0 aliphatic carbocycles. The van der Waals surface area contributed by atoms with Crippen molar-refractivity contribution in [3.05, 3.63) is 0 Å². The number of Topliss-reactive ketones (excluding diaryl/α,β-unsaturated/α-hetero) is 1. The predicted octanol–water partition coefficient (Wildman–Crippen LogP) is -3.46. The van der Waals surface area contributed by atoms with Crippen LogP contribution in [0, 0.1) is 0 Å². The fourth-order valence-corrected chi connectivity index (χ4v) is 1.91. The Balaban J connectivity index is 5.56. The summed E-state index contributed by atoms with van der Waals surface area (Å²) in [5.74, 6) is -4.86. The summed E-state index contributed by atoms with van der Waals surface area (Å²) >= 11 is 0. The summed E-state index contributed by atoms with van der Waals surface area (Å²) in [6.07, 6.45) is -8.24. The summed E-state index contributed by atoms with van der Waals surface area (Å²) in [5, 5.41) is 48.8. The molecule has 1 amide bonds. The Morgan fingerprint density at radius 3 is 1.96 bits per heavy atom. The topological polar surface area (TPSA) is 191 Å². The Labute approximate surface area is 136 Å². The van der Waals surface area contributed by atoms with Gasteiger partial charge < -0.3 is 35.6 Å². The fourth-order valence-electron chi connectivity index (χ4n) is 1.91. The Morgan fingerprint density at radius 1 is 1.04 bits per heavy atom. The molecule has 6 N–H and O–H groups in total. The molecule has 0 aromatic rings. The van der Waals surface area contributed by atoms with Gasteiger partial charge in [0.15, 0.2) is 0 Å². The first-order chi connectivity index (χ1) is 11.0. The summed E-state index contributed by atoms with van der Waals surface area (Å²) < 4.78 is 4.77. The number of carboxylic acid groups (broad SMARTS) is 1. The Morgan fingerprint density at radius 2 is 1.58 bits per heavy atom. The Kier molecular flexibility index (Phi) is 9.07. The minimum absolute atomic E-state index is 0.746. The van der Waals surface area contributed by atoms with Crippen LogP contribution in [0.2, 0.25) is 0 Å². The maximum absolute atomic E-state index is 11.4. The van der Waals surface area contributed by atoms with Crippen LogP contribution in [0.3, 0.4) is 0 Å². The number of aliphatic hydroxyl groups is 4. The molecule has 5 atom stereocenters. The van der Waals surface area contributed by atoms with Crippen molar-refractivity contribution in [2.75, 3.05) is 6.61 Å². The van der Waals surface area contributed by atoms with E-state index in [4.69, 9.17) is 14.9 Å². The standard InChI is InChI=1S/C13H21NO10/c1-5(16)14-10(12(21)11(20)8(19)4-15)9(24-6(2)17)3-7(18)13(22)23/h8-12,15,19-21H,3-4H2,1-2H3,(H,14,16)(H,22,23)/t8-,9-,10+,11+,12+/m0/s1. The summed E-state index contributed by atoms with van der Waals surface area (Å²) in [6.45, 7) is 1.06. The molecule has 24 heavy (non-hydrogen) atoms. The van der Waals surface area contributed by atoms with Crippen LogP contribution in [0.4, 0.5) is 0 Å². The molecule has 138 valence electrons. The lowest BCUT2D eigenvalue weighted by Gasteiger charge is -2.33. The van der Waals surface area contributed by atoms with E-state index in [1.54, 1.807) is 0 Å². The van der Waals surface area contributed by atoms with E-state index in [9.17, 15) is 34.5 Å². The highest BCUT2D eigenvalue weighted by atomic mass is 16.5. The van der Waals surface area contributed by atoms with E-state index in [2.05, 4.69) is 5.32 Å². The van der Waals surface area contributed by atoms with E-state index in [1.165, 1.54) is 0 Å². The molecule has 0 saturated carbocycles. The lowest BCUT2D eigenvalue weighted by molar-refractivity contribution is -0.160. The van der Waals surface area contributed by atoms with Gasteiger partial charge in [-0.15, -0.1) is 0 Å². The number of esters is 1. The van der Waals surface area contributed by atoms with Gasteiger partial charge in [-0.3, -0.25) is 14.4 Å². The van der Waals surface area contributed by atoms with Crippen LogP contribution in [0.1, 0.15) is 20.3 Å². The molecule has 0 heterocycles. The van der Waals surface area contributed by atoms with Crippen LogP contribution in [0.15, 0.2) is 0 Å². The lowest BCUT2D eigenvalue weighted by atomic mass is 9.93. The summed E-state index contributed by atoms with van der Waals surface area (Å²) in [7, 11) is 0. The minimum atomic E-state index is -1.97. The third-order valence-electron chi connectivity index (χ3n) is 3.01. The zero-order valence-corrected chi connectivity index (χ0v) is 13.1. The second kappa shape index (κ2) is 9.93. The van der Waals surface area contributed by atoms with Crippen molar-refractivity contribution < 1.29 is 49.4 Å². The average Bonchev–Trinajstić information content (AvgIpc) is 2.48. The Bertz CT molecular complexity index is 479. The minimum Gasteiger partial charge on any atom is -0.475 e. The number of amides is 1. The van der Waals surface area contributed by atoms with E-state index < -0.39 is 67.1 Å². The molecular weight excluding hydrogens is 330 g/mol. The van der Waals surface area contributed by atoms with Gasteiger partial charge in [-0.2, -0.15) is 0 Å². The zero-order valence-electron chi connectivity index (χ0n) is 13.1. The van der Waals surface area contributed by atoms with Crippen molar-refractivity contribution in [1.82, 2.24) is 5.32 Å². The van der Waals surface area contributed by atoms with Gasteiger partial charge in [0.1, 0.15) is 24.4 Å². The maximum atomic E-state index is 11.4. The first kappa shape index (κ1) is 21.9. The highest BCUT2D eigenvalue weighted by molar-refractivity contribution is 6.32. The van der Waals surface area contributed by atoms with Crippen LogP contribution < -0.4 is 5.32 Å². The molecule has 0 aromatic carbocycles. The molecule has 11 heteroatoms. The average molecular weight is 351 g/mol. The van der Waals surface area contributed by atoms with Crippen molar-refractivity contribution in [2.24, 2.45) is 0 Å². The van der Waals surface area contributed by atoms with Crippen LogP contribution in [-0.2, 0) is 23.9 Å². The number of aliphatic hydroxyl groups excluding tert-OH is 4. The number of ketones is 1. The van der Waals surface area contributed by atoms with Crippen molar-refractivity contribution in [2.45, 2.75) is 50.7 Å². The van der Waals surface area contributed by atoms with E-state index in [0.717, 1.165) is 13.8 Å². The van der Waals surface area contributed by atoms with Crippen molar-refractivity contribution in [1.29, 1.82) is 0 Å². The number of aliphatic carboxylic acids is 1. The molecule has 0 rings (SSSR count). The number of hydrogen-bond donors (Lipinski definition) is 6. The molecule has 0 fully saturated rings. The summed E-state index contributed by atoms with van der Waals surface area (Å²) in [4.78, 5) is 44.5. The highest BCUT2D eigenvalue weighted by Gasteiger charge is 2.39. The number of rotatable bonds is 10. The number of carbonyl (C=O) groups excluding carboxylic acids is 3. The number of nitrogens with one attached hydrogen (secondary N) is 1. The normalized spacial score (nSPS) is 17.1. The second-order valence-corrected chi connectivity index (χ2v) is 5.04. The molecule has 0 bridgehead atoms. The monoisotopic (exact) mass is 351 g/mol. The molecule has 0 spiro atoms. The van der Waals surface area contributed by atoms with Gasteiger partial charge >= 0.3 is 11.9 Å². The van der Waals surface area contributed by atoms with Gasteiger partial charge in [0.25, 0.3) is 0 Å². The van der Waals surface area contributed by atoms with Crippen molar-refractivity contribution in [3.8, 4) is 0 Å². The van der Waals surface area contributed by atoms with Gasteiger partial charge in [0, 0.05) is 13.8 Å². The van der Waals surface area contributed by atoms with E-state index in [-0.39, 0.29) is 0 Å². The van der Waals surface area contributed by atoms with Crippen molar-refractivity contribution in [3.63, 3.8) is 0 Å². The van der Waals surface area contributed by atoms with Crippen LogP contribution in [-0.4, -0.2) is 86.2 Å². The summed E-state index contributed by atoms with van der Waals surface area (Å²) in [5.41, 5.74) is 0. The van der Waals surface area contributed by atoms with Gasteiger partial charge in [-0.25, -0.2) is 4.79 Å². The largest absolute Gasteiger partial charge is 0.475 e. The van der Waals surface area contributed by atoms with Crippen molar-refractivity contribution >= 4 is 23.6 Å². The lowest BCUT2D eigenvalue weighted by Crippen LogP contribution is -2.58. The molecule has 0 aromatic heterocycles. The van der Waals surface area contributed by atoms with Gasteiger partial charge in [0.2, 0.25) is 11.7 Å². The van der Waals surface area contributed by atoms with E-state index >= 15 is 0 Å². The predicted molar refractivity (Wildman–Crippen MR) is 75.5 cm³/mol. The van der Waals surface area contributed by atoms with Gasteiger partial charge in [0.05, 0.1) is 19.1 Å². The number of carbonyl (C=O) groups is 4. The van der Waals surface area contributed by atoms with Gasteiger partial charge in [-0.1, -0.05) is 0 Å². The van der Waals surface area contributed by atoms with E-state index in [1.807, 2.05) is 0 Å². The van der Waals surface area contributed by atoms with Crippen LogP contribution in [0.25, 0.3) is 0 Å². The summed E-state index contributed by atoms with van der Waals surface area (Å²) in [6, 6.07) is -1.61. The molecule has 11 nitrogen and oxygen atoms in total.